The number of aryl methyl sites for hydroxylation is 2. The van der Waals surface area contributed by atoms with Crippen LogP contribution in [0.25, 0.3) is 11.3 Å². The van der Waals surface area contributed by atoms with Crippen LogP contribution in [-0.2, 0) is 24.4 Å². The Morgan fingerprint density at radius 1 is 1.20 bits per heavy atom. The summed E-state index contributed by atoms with van der Waals surface area (Å²) in [6, 6.07) is 16.6. The Hall–Kier alpha value is -3.38. The molecule has 1 aromatic heterocycles. The number of rotatable bonds is 6. The molecular weight excluding hydrogens is 438 g/mol. The Kier molecular flexibility index (Phi) is 6.24. The van der Waals surface area contributed by atoms with Crippen LogP contribution in [0.5, 0.6) is 5.75 Å². The first-order valence-corrected chi connectivity index (χ1v) is 12.3. The van der Waals surface area contributed by atoms with Crippen molar-refractivity contribution in [2.75, 3.05) is 24.5 Å². The van der Waals surface area contributed by atoms with Gasteiger partial charge in [0.2, 0.25) is 0 Å². The van der Waals surface area contributed by atoms with Crippen molar-refractivity contribution in [2.45, 2.75) is 46.8 Å². The second kappa shape index (κ2) is 9.34. The topological polar surface area (TPSA) is 74.7 Å². The van der Waals surface area contributed by atoms with E-state index >= 15 is 0 Å². The van der Waals surface area contributed by atoms with Gasteiger partial charge in [-0.15, -0.1) is 0 Å². The summed E-state index contributed by atoms with van der Waals surface area (Å²) in [6.45, 7) is 9.66. The lowest BCUT2D eigenvalue weighted by molar-refractivity contribution is -0.146. The van der Waals surface area contributed by atoms with Crippen LogP contribution in [0.1, 0.15) is 41.2 Å². The Bertz CT molecular complexity index is 1270. The molecule has 6 nitrogen and oxygen atoms in total. The number of carbonyl (C=O) groups is 1. The number of pyridine rings is 1. The van der Waals surface area contributed by atoms with Crippen LogP contribution in [0, 0.1) is 19.3 Å². The first kappa shape index (κ1) is 23.4. The van der Waals surface area contributed by atoms with E-state index in [4.69, 9.17) is 9.72 Å². The minimum Gasteiger partial charge on any atom is -0.488 e. The van der Waals surface area contributed by atoms with Crippen molar-refractivity contribution in [2.24, 2.45) is 5.41 Å². The third-order valence-corrected chi connectivity index (χ3v) is 7.35. The minimum atomic E-state index is -0.751. The molecule has 0 amide bonds. The molecule has 1 saturated heterocycles. The molecule has 0 saturated carbocycles. The molecule has 2 aliphatic rings. The number of anilines is 1. The van der Waals surface area contributed by atoms with E-state index in [9.17, 15) is 9.90 Å². The number of fused-ring (bicyclic) bond motifs is 1. The van der Waals surface area contributed by atoms with Crippen LogP contribution in [0.3, 0.4) is 0 Å². The van der Waals surface area contributed by atoms with Gasteiger partial charge in [-0.3, -0.25) is 4.79 Å². The number of hydrogen-bond donors (Lipinski definition) is 2. The zero-order chi connectivity index (χ0) is 24.6. The van der Waals surface area contributed by atoms with Gasteiger partial charge in [-0.05, 0) is 86.7 Å². The maximum absolute atomic E-state index is 11.7. The predicted molar refractivity (Wildman–Crippen MR) is 138 cm³/mol. The number of hydrogen-bond acceptors (Lipinski definition) is 5. The van der Waals surface area contributed by atoms with Crippen molar-refractivity contribution in [1.29, 1.82) is 0 Å². The molecule has 3 heterocycles. The zero-order valence-electron chi connectivity index (χ0n) is 20.7. The molecular formula is C29H33N3O3. The number of carboxylic acids is 1. The van der Waals surface area contributed by atoms with Gasteiger partial charge < -0.3 is 20.1 Å². The fourth-order valence-electron chi connectivity index (χ4n) is 5.18. The van der Waals surface area contributed by atoms with Crippen LogP contribution in [-0.4, -0.2) is 35.7 Å². The van der Waals surface area contributed by atoms with Crippen LogP contribution < -0.4 is 15.0 Å². The largest absolute Gasteiger partial charge is 0.488 e. The predicted octanol–water partition coefficient (Wildman–Crippen LogP) is 4.89. The standard InChI is InChI=1S/C29H33N3O3/c1-19-7-8-26(35-17-21-14-20(2)24-16-30-11-9-22(24)15-21)23(13-19)25-5-4-6-27(31-25)32-12-10-29(3,18-32)28(33)34/h4-8,13-15,30H,9-12,16-18H2,1-3H3,(H,33,34)/t29-/m1/s1. The molecule has 0 aliphatic carbocycles. The van der Waals surface area contributed by atoms with Gasteiger partial charge in [-0.1, -0.05) is 29.8 Å². The zero-order valence-corrected chi connectivity index (χ0v) is 20.7. The Morgan fingerprint density at radius 2 is 2.06 bits per heavy atom. The number of aliphatic carboxylic acids is 1. The normalized spacial score (nSPS) is 19.5. The van der Waals surface area contributed by atoms with Crippen LogP contribution in [0.15, 0.2) is 48.5 Å². The van der Waals surface area contributed by atoms with Gasteiger partial charge in [0.1, 0.15) is 18.2 Å². The third kappa shape index (κ3) is 4.76. The van der Waals surface area contributed by atoms with E-state index in [-0.39, 0.29) is 0 Å². The highest BCUT2D eigenvalue weighted by atomic mass is 16.5. The second-order valence-corrected chi connectivity index (χ2v) is 10.2. The van der Waals surface area contributed by atoms with Crippen molar-refractivity contribution < 1.29 is 14.6 Å². The highest BCUT2D eigenvalue weighted by Gasteiger charge is 2.41. The summed E-state index contributed by atoms with van der Waals surface area (Å²) in [5.41, 5.74) is 7.50. The first-order valence-electron chi connectivity index (χ1n) is 12.3. The van der Waals surface area contributed by atoms with Crippen molar-refractivity contribution in [3.05, 3.63) is 76.3 Å². The number of benzene rings is 2. The fourth-order valence-corrected chi connectivity index (χ4v) is 5.18. The summed E-state index contributed by atoms with van der Waals surface area (Å²) in [7, 11) is 0. The monoisotopic (exact) mass is 471 g/mol. The molecule has 3 aromatic rings. The number of aromatic nitrogens is 1. The summed E-state index contributed by atoms with van der Waals surface area (Å²) in [6.07, 6.45) is 1.66. The van der Waals surface area contributed by atoms with Gasteiger partial charge in [0, 0.05) is 25.2 Å². The van der Waals surface area contributed by atoms with Gasteiger partial charge >= 0.3 is 5.97 Å². The molecule has 0 radical (unpaired) electrons. The van der Waals surface area contributed by atoms with Gasteiger partial charge in [-0.2, -0.15) is 0 Å². The number of nitrogens with one attached hydrogen (secondary N) is 1. The maximum atomic E-state index is 11.7. The van der Waals surface area contributed by atoms with Crippen molar-refractivity contribution >= 4 is 11.8 Å². The highest BCUT2D eigenvalue weighted by molar-refractivity contribution is 5.76. The third-order valence-electron chi connectivity index (χ3n) is 7.35. The molecule has 0 bridgehead atoms. The average Bonchev–Trinajstić information content (AvgIpc) is 3.27. The summed E-state index contributed by atoms with van der Waals surface area (Å²) in [5, 5.41) is 13.1. The molecule has 35 heavy (non-hydrogen) atoms. The van der Waals surface area contributed by atoms with E-state index in [1.54, 1.807) is 0 Å². The Balaban J connectivity index is 1.39. The van der Waals surface area contributed by atoms with Crippen LogP contribution >= 0.6 is 0 Å². The van der Waals surface area contributed by atoms with Gasteiger partial charge in [-0.25, -0.2) is 4.98 Å². The second-order valence-electron chi connectivity index (χ2n) is 10.2. The fraction of sp³-hybridized carbons (Fsp3) is 0.379. The Morgan fingerprint density at radius 3 is 2.86 bits per heavy atom. The molecule has 0 unspecified atom stereocenters. The quantitative estimate of drug-likeness (QED) is 0.533. The number of nitrogens with zero attached hydrogens (tertiary/aromatic N) is 2. The van der Waals surface area contributed by atoms with E-state index < -0.39 is 11.4 Å². The summed E-state index contributed by atoms with van der Waals surface area (Å²) in [4.78, 5) is 18.7. The highest BCUT2D eigenvalue weighted by Crippen LogP contribution is 2.35. The molecule has 6 heteroatoms. The molecule has 182 valence electrons. The minimum absolute atomic E-state index is 0.461. The maximum Gasteiger partial charge on any atom is 0.311 e. The first-order chi connectivity index (χ1) is 16.8. The molecule has 1 fully saturated rings. The van der Waals surface area contributed by atoms with Gasteiger partial charge in [0.05, 0.1) is 11.1 Å². The average molecular weight is 472 g/mol. The lowest BCUT2D eigenvalue weighted by Crippen LogP contribution is -2.32. The van der Waals surface area contributed by atoms with Gasteiger partial charge in [0.25, 0.3) is 0 Å². The summed E-state index contributed by atoms with van der Waals surface area (Å²) in [5.74, 6) is 0.854. The summed E-state index contributed by atoms with van der Waals surface area (Å²) < 4.78 is 6.36. The van der Waals surface area contributed by atoms with Gasteiger partial charge in [0.15, 0.2) is 0 Å². The summed E-state index contributed by atoms with van der Waals surface area (Å²) >= 11 is 0. The van der Waals surface area contributed by atoms with Crippen LogP contribution in [0.2, 0.25) is 0 Å². The van der Waals surface area contributed by atoms with E-state index in [1.807, 2.05) is 31.2 Å². The molecule has 2 aliphatic heterocycles. The smallest absolute Gasteiger partial charge is 0.311 e. The van der Waals surface area contributed by atoms with E-state index in [2.05, 4.69) is 48.3 Å². The van der Waals surface area contributed by atoms with Crippen LogP contribution in [0.4, 0.5) is 5.82 Å². The molecule has 0 spiro atoms. The molecule has 2 aromatic carbocycles. The Labute approximate surface area is 207 Å². The molecule has 1 atom stereocenters. The van der Waals surface area contributed by atoms with Crippen molar-refractivity contribution in [3.8, 4) is 17.0 Å². The lowest BCUT2D eigenvalue weighted by atomic mass is 9.90. The van der Waals surface area contributed by atoms with Crippen molar-refractivity contribution in [1.82, 2.24) is 10.3 Å². The lowest BCUT2D eigenvalue weighted by Gasteiger charge is -2.22. The SMILES string of the molecule is Cc1ccc(OCc2cc(C)c3c(c2)CCNC3)c(-c2cccc(N3CC[C@@](C)(C(=O)O)C3)n2)c1. The van der Waals surface area contributed by atoms with Crippen molar-refractivity contribution in [3.63, 3.8) is 0 Å². The van der Waals surface area contributed by atoms with E-state index in [1.165, 1.54) is 22.3 Å². The molecule has 2 N–H and O–H groups in total. The number of carboxylic acid groups (broad SMARTS) is 1. The van der Waals surface area contributed by atoms with E-state index in [0.29, 0.717) is 26.1 Å². The number of ether oxygens (including phenoxy) is 1. The molecule has 5 rings (SSSR count). The van der Waals surface area contributed by atoms with E-state index in [0.717, 1.165) is 47.9 Å².